The maximum absolute atomic E-state index is 9.52. The smallest absolute Gasteiger partial charge is 0.184 e. The fourth-order valence-corrected chi connectivity index (χ4v) is 2.10. The van der Waals surface area contributed by atoms with Crippen molar-refractivity contribution in [1.29, 1.82) is 0 Å². The average Bonchev–Trinajstić information content (AvgIpc) is 2.29. The molecule has 0 aliphatic heterocycles. The molecule has 0 amide bonds. The molecule has 0 atom stereocenters. The first-order valence-corrected chi connectivity index (χ1v) is 5.92. The third-order valence-electron chi connectivity index (χ3n) is 3.04. The van der Waals surface area contributed by atoms with Crippen LogP contribution in [0.3, 0.4) is 0 Å². The van der Waals surface area contributed by atoms with Crippen LogP contribution in [0.4, 0.5) is 0 Å². The number of pyridine rings is 1. The highest BCUT2D eigenvalue weighted by Crippen LogP contribution is 2.30. The van der Waals surface area contributed by atoms with Gasteiger partial charge in [0.2, 0.25) is 0 Å². The predicted octanol–water partition coefficient (Wildman–Crippen LogP) is 2.68. The van der Waals surface area contributed by atoms with E-state index in [1.165, 1.54) is 5.69 Å². The lowest BCUT2D eigenvalue weighted by molar-refractivity contribution is -0.700. The molecule has 0 saturated heterocycles. The Bertz CT molecular complexity index is 562. The topological polar surface area (TPSA) is 44.3 Å². The number of phenolic OH excluding ortho intramolecular Hbond substituents is 2. The van der Waals surface area contributed by atoms with Crippen molar-refractivity contribution in [3.05, 3.63) is 30.1 Å². The van der Waals surface area contributed by atoms with Gasteiger partial charge in [-0.15, -0.1) is 0 Å². The highest BCUT2D eigenvalue weighted by Gasteiger charge is 2.15. The second kappa shape index (κ2) is 4.24. The zero-order valence-corrected chi connectivity index (χ0v) is 10.4. The van der Waals surface area contributed by atoms with Crippen LogP contribution in [-0.2, 0) is 6.54 Å². The van der Waals surface area contributed by atoms with Crippen molar-refractivity contribution in [2.75, 3.05) is 0 Å². The van der Waals surface area contributed by atoms with Crippen molar-refractivity contribution in [2.24, 2.45) is 0 Å². The van der Waals surface area contributed by atoms with Gasteiger partial charge in [-0.1, -0.05) is 13.8 Å². The molecule has 17 heavy (non-hydrogen) atoms. The minimum atomic E-state index is -0.0718. The van der Waals surface area contributed by atoms with Crippen molar-refractivity contribution >= 4 is 10.8 Å². The minimum Gasteiger partial charge on any atom is -0.504 e. The van der Waals surface area contributed by atoms with Gasteiger partial charge >= 0.3 is 0 Å². The van der Waals surface area contributed by atoms with E-state index in [0.29, 0.717) is 5.92 Å². The Balaban J connectivity index is 2.74. The fraction of sp³-hybridized carbons (Fsp3) is 0.357. The normalized spacial score (nSPS) is 11.3. The molecule has 0 bridgehead atoms. The SMILES string of the molecule is CC[n+]1cc2cc(O)c(O)cc2cc1C(C)C. The number of benzene rings is 1. The lowest BCUT2D eigenvalue weighted by Crippen LogP contribution is -2.37. The van der Waals surface area contributed by atoms with E-state index < -0.39 is 0 Å². The summed E-state index contributed by atoms with van der Waals surface area (Å²) in [5, 5.41) is 20.9. The van der Waals surface area contributed by atoms with E-state index >= 15 is 0 Å². The van der Waals surface area contributed by atoms with Gasteiger partial charge in [0.05, 0.1) is 0 Å². The molecule has 2 aromatic rings. The van der Waals surface area contributed by atoms with Crippen LogP contribution in [0.1, 0.15) is 32.4 Å². The maximum atomic E-state index is 9.52. The van der Waals surface area contributed by atoms with Gasteiger partial charge in [0, 0.05) is 17.4 Å². The molecule has 3 nitrogen and oxygen atoms in total. The molecule has 0 saturated carbocycles. The highest BCUT2D eigenvalue weighted by atomic mass is 16.3. The standard InChI is InChI=1S/C14H17NO2/c1-4-15-8-11-7-14(17)13(16)6-10(11)5-12(15)9(2)3/h5-9,17H,4H2,1-3H3/p+1. The number of hydrogen-bond donors (Lipinski definition) is 2. The summed E-state index contributed by atoms with van der Waals surface area (Å²) < 4.78 is 2.17. The number of fused-ring (bicyclic) bond motifs is 1. The Hall–Kier alpha value is -1.77. The second-order valence-electron chi connectivity index (χ2n) is 4.61. The van der Waals surface area contributed by atoms with Gasteiger partial charge < -0.3 is 10.2 Å². The molecule has 0 aliphatic carbocycles. The summed E-state index contributed by atoms with van der Waals surface area (Å²) in [6.45, 7) is 7.28. The number of hydrogen-bond acceptors (Lipinski definition) is 2. The Morgan fingerprint density at radius 1 is 1.06 bits per heavy atom. The van der Waals surface area contributed by atoms with Gasteiger partial charge in [-0.25, -0.2) is 4.57 Å². The molecular weight excluding hydrogens is 214 g/mol. The molecule has 2 N–H and O–H groups in total. The van der Waals surface area contributed by atoms with Crippen molar-refractivity contribution < 1.29 is 14.8 Å². The predicted molar refractivity (Wildman–Crippen MR) is 67.2 cm³/mol. The van der Waals surface area contributed by atoms with Crippen LogP contribution >= 0.6 is 0 Å². The van der Waals surface area contributed by atoms with E-state index in [-0.39, 0.29) is 11.5 Å². The Morgan fingerprint density at radius 2 is 1.65 bits per heavy atom. The van der Waals surface area contributed by atoms with E-state index in [1.807, 2.05) is 6.20 Å². The average molecular weight is 232 g/mol. The number of nitrogens with zero attached hydrogens (tertiary/aromatic N) is 1. The third kappa shape index (κ3) is 2.05. The molecule has 3 heteroatoms. The monoisotopic (exact) mass is 232 g/mol. The molecule has 1 aromatic carbocycles. The first kappa shape index (κ1) is 11.7. The largest absolute Gasteiger partial charge is 0.504 e. The van der Waals surface area contributed by atoms with E-state index in [2.05, 4.69) is 31.4 Å². The van der Waals surface area contributed by atoms with Gasteiger partial charge in [0.1, 0.15) is 6.54 Å². The Kier molecular flexibility index (Phi) is 2.92. The van der Waals surface area contributed by atoms with Gasteiger partial charge in [-0.3, -0.25) is 0 Å². The summed E-state index contributed by atoms with van der Waals surface area (Å²) in [6, 6.07) is 5.28. The van der Waals surface area contributed by atoms with Crippen LogP contribution < -0.4 is 4.57 Å². The van der Waals surface area contributed by atoms with E-state index in [4.69, 9.17) is 0 Å². The number of rotatable bonds is 2. The van der Waals surface area contributed by atoms with Crippen LogP contribution in [0.25, 0.3) is 10.8 Å². The Labute approximate surface area is 101 Å². The number of aromatic hydroxyl groups is 2. The lowest BCUT2D eigenvalue weighted by Gasteiger charge is -2.08. The van der Waals surface area contributed by atoms with Crippen molar-refractivity contribution in [1.82, 2.24) is 0 Å². The lowest BCUT2D eigenvalue weighted by atomic mass is 10.0. The fourth-order valence-electron chi connectivity index (χ4n) is 2.10. The molecule has 1 aromatic heterocycles. The summed E-state index contributed by atoms with van der Waals surface area (Å²) in [7, 11) is 0. The number of aromatic nitrogens is 1. The molecule has 0 aliphatic rings. The third-order valence-corrected chi connectivity index (χ3v) is 3.04. The zero-order chi connectivity index (χ0) is 12.6. The minimum absolute atomic E-state index is 0.0681. The molecular formula is C14H18NO2+. The summed E-state index contributed by atoms with van der Waals surface area (Å²) in [4.78, 5) is 0. The Morgan fingerprint density at radius 3 is 2.18 bits per heavy atom. The molecule has 0 unspecified atom stereocenters. The molecule has 2 rings (SSSR count). The molecule has 0 spiro atoms. The number of phenols is 2. The molecule has 90 valence electrons. The molecule has 0 radical (unpaired) electrons. The van der Waals surface area contributed by atoms with Crippen LogP contribution in [0, 0.1) is 0 Å². The van der Waals surface area contributed by atoms with Crippen LogP contribution in [-0.4, -0.2) is 10.2 Å². The van der Waals surface area contributed by atoms with Crippen LogP contribution in [0.2, 0.25) is 0 Å². The molecule has 1 heterocycles. The van der Waals surface area contributed by atoms with Crippen molar-refractivity contribution in [3.8, 4) is 11.5 Å². The van der Waals surface area contributed by atoms with Gasteiger partial charge in [0.25, 0.3) is 0 Å². The van der Waals surface area contributed by atoms with Gasteiger partial charge in [-0.05, 0) is 24.4 Å². The number of aryl methyl sites for hydroxylation is 1. The van der Waals surface area contributed by atoms with Gasteiger partial charge in [0.15, 0.2) is 23.4 Å². The summed E-state index contributed by atoms with van der Waals surface area (Å²) in [5.74, 6) is 0.286. The summed E-state index contributed by atoms with van der Waals surface area (Å²) in [6.07, 6.45) is 2.02. The first-order chi connectivity index (χ1) is 8.02. The first-order valence-electron chi connectivity index (χ1n) is 5.92. The van der Waals surface area contributed by atoms with E-state index in [1.54, 1.807) is 12.1 Å². The zero-order valence-electron chi connectivity index (χ0n) is 10.4. The van der Waals surface area contributed by atoms with Crippen molar-refractivity contribution in [3.63, 3.8) is 0 Å². The van der Waals surface area contributed by atoms with E-state index in [0.717, 1.165) is 17.3 Å². The van der Waals surface area contributed by atoms with Crippen LogP contribution in [0.15, 0.2) is 24.4 Å². The van der Waals surface area contributed by atoms with Crippen molar-refractivity contribution in [2.45, 2.75) is 33.2 Å². The van der Waals surface area contributed by atoms with E-state index in [9.17, 15) is 10.2 Å². The van der Waals surface area contributed by atoms with Gasteiger partial charge in [-0.2, -0.15) is 0 Å². The summed E-state index contributed by atoms with van der Waals surface area (Å²) in [5.41, 5.74) is 1.23. The molecule has 0 fully saturated rings. The maximum Gasteiger partial charge on any atom is 0.184 e. The van der Waals surface area contributed by atoms with Crippen LogP contribution in [0.5, 0.6) is 11.5 Å². The quantitative estimate of drug-likeness (QED) is 0.617. The summed E-state index contributed by atoms with van der Waals surface area (Å²) >= 11 is 0. The second-order valence-corrected chi connectivity index (χ2v) is 4.61. The highest BCUT2D eigenvalue weighted by molar-refractivity contribution is 5.84.